The third-order valence-electron chi connectivity index (χ3n) is 8.58. The molecule has 0 saturated carbocycles. The molecular weight excluding hydrogens is 615 g/mol. The van der Waals surface area contributed by atoms with Crippen LogP contribution in [0.3, 0.4) is 0 Å². The van der Waals surface area contributed by atoms with Crippen LogP contribution in [0.2, 0.25) is 0 Å². The third kappa shape index (κ3) is 4.67. The maximum Gasteiger partial charge on any atom is 0.167 e. The Hall–Kier alpha value is -6.85. The Bertz CT molecular complexity index is 3470. The molecule has 0 bridgehead atoms. The average Bonchev–Trinajstić information content (AvgIpc) is 3.87. The van der Waals surface area contributed by atoms with E-state index in [2.05, 4.69) is 0 Å². The Morgan fingerprint density at radius 1 is 0.400 bits per heavy atom. The van der Waals surface area contributed by atoms with Gasteiger partial charge in [0.2, 0.25) is 0 Å². The van der Waals surface area contributed by atoms with Gasteiger partial charge in [-0.1, -0.05) is 133 Å². The molecule has 50 heavy (non-hydrogen) atoms. The lowest BCUT2D eigenvalue weighted by Gasteiger charge is -2.10. The van der Waals surface area contributed by atoms with Gasteiger partial charge in [0.05, 0.1) is 20.6 Å². The number of aromatic nitrogens is 3. The number of fused-ring (bicyclic) bond motifs is 6. The quantitative estimate of drug-likeness (QED) is 0.185. The van der Waals surface area contributed by atoms with E-state index in [0.717, 1.165) is 21.9 Å². The lowest BCUT2D eigenvalue weighted by molar-refractivity contribution is 0.668. The molecular formula is C45H27N3O2. The summed E-state index contributed by atoms with van der Waals surface area (Å²) in [5.74, 6) is 0.172. The van der Waals surface area contributed by atoms with E-state index in [0.29, 0.717) is 22.3 Å². The molecule has 0 atom stereocenters. The van der Waals surface area contributed by atoms with Gasteiger partial charge in [-0.15, -0.1) is 0 Å². The normalized spacial score (nSPS) is 14.7. The van der Waals surface area contributed by atoms with Crippen molar-refractivity contribution < 1.29 is 23.9 Å². The van der Waals surface area contributed by atoms with Gasteiger partial charge in [-0.25, -0.2) is 15.0 Å². The van der Waals surface area contributed by atoms with Gasteiger partial charge >= 0.3 is 0 Å². The lowest BCUT2D eigenvalue weighted by Crippen LogP contribution is -2.00. The highest BCUT2D eigenvalue weighted by Gasteiger charge is 2.20. The molecule has 5 heteroatoms. The molecule has 0 amide bonds. The maximum atomic E-state index is 9.51. The fraction of sp³-hybridized carbons (Fsp3) is 0. The molecule has 0 fully saturated rings. The van der Waals surface area contributed by atoms with Crippen molar-refractivity contribution in [3.05, 3.63) is 164 Å². The van der Waals surface area contributed by atoms with E-state index in [1.54, 1.807) is 6.07 Å². The van der Waals surface area contributed by atoms with Crippen molar-refractivity contribution in [3.63, 3.8) is 0 Å². The van der Waals surface area contributed by atoms with Crippen molar-refractivity contribution in [1.29, 1.82) is 0 Å². The largest absolute Gasteiger partial charge is 0.456 e. The van der Waals surface area contributed by atoms with E-state index in [1.165, 1.54) is 0 Å². The van der Waals surface area contributed by atoms with Crippen LogP contribution in [0.1, 0.15) is 15.1 Å². The number of furan rings is 2. The van der Waals surface area contributed by atoms with Crippen molar-refractivity contribution in [1.82, 2.24) is 15.0 Å². The fourth-order valence-corrected chi connectivity index (χ4v) is 6.22. The minimum absolute atomic E-state index is 0.0995. The van der Waals surface area contributed by atoms with E-state index in [4.69, 9.17) is 36.1 Å². The first-order valence-electron chi connectivity index (χ1n) is 21.2. The van der Waals surface area contributed by atoms with Gasteiger partial charge in [0.1, 0.15) is 22.3 Å². The molecule has 0 aliphatic carbocycles. The summed E-state index contributed by atoms with van der Waals surface area (Å²) in [5, 5.41) is 1.38. The Labute approximate surface area is 302 Å². The minimum atomic E-state index is -0.693. The molecule has 0 unspecified atom stereocenters. The molecule has 234 valence electrons. The van der Waals surface area contributed by atoms with Gasteiger partial charge in [0.15, 0.2) is 17.5 Å². The second kappa shape index (κ2) is 11.4. The second-order valence-electron chi connectivity index (χ2n) is 11.5. The maximum absolute atomic E-state index is 9.51. The van der Waals surface area contributed by atoms with Crippen molar-refractivity contribution in [2.24, 2.45) is 0 Å². The summed E-state index contributed by atoms with van der Waals surface area (Å²) in [5.41, 5.74) is 2.43. The molecule has 10 aromatic rings. The molecule has 7 aromatic carbocycles. The van der Waals surface area contributed by atoms with E-state index in [9.17, 15) is 2.74 Å². The van der Waals surface area contributed by atoms with E-state index in [1.807, 2.05) is 91.0 Å². The smallest absolute Gasteiger partial charge is 0.167 e. The summed E-state index contributed by atoms with van der Waals surface area (Å²) >= 11 is 0. The van der Waals surface area contributed by atoms with E-state index in [-0.39, 0.29) is 45.0 Å². The molecule has 3 heterocycles. The second-order valence-corrected chi connectivity index (χ2v) is 11.5. The molecule has 0 N–H and O–H groups in total. The highest BCUT2D eigenvalue weighted by molar-refractivity contribution is 6.13. The van der Waals surface area contributed by atoms with Crippen LogP contribution in [0.4, 0.5) is 0 Å². The van der Waals surface area contributed by atoms with Gasteiger partial charge in [0, 0.05) is 32.7 Å². The summed E-state index contributed by atoms with van der Waals surface area (Å²) < 4.78 is 109. The number of hydrogen-bond donors (Lipinski definition) is 0. The Morgan fingerprint density at radius 3 is 1.98 bits per heavy atom. The predicted octanol–water partition coefficient (Wildman–Crippen LogP) is 12.0. The van der Waals surface area contributed by atoms with Crippen LogP contribution >= 0.6 is 0 Å². The van der Waals surface area contributed by atoms with Crippen LogP contribution in [0, 0.1) is 0 Å². The van der Waals surface area contributed by atoms with Crippen LogP contribution in [-0.4, -0.2) is 15.0 Å². The van der Waals surface area contributed by atoms with E-state index < -0.39 is 77.6 Å². The zero-order valence-electron chi connectivity index (χ0n) is 36.9. The molecule has 10 rings (SSSR count). The minimum Gasteiger partial charge on any atom is -0.456 e. The topological polar surface area (TPSA) is 65.0 Å². The lowest BCUT2D eigenvalue weighted by atomic mass is 10.0. The molecule has 0 spiro atoms. The summed E-state index contributed by atoms with van der Waals surface area (Å²) in [6, 6.07) is 23.6. The van der Waals surface area contributed by atoms with Gasteiger partial charge in [-0.05, 0) is 52.5 Å². The highest BCUT2D eigenvalue weighted by Crippen LogP contribution is 2.40. The van der Waals surface area contributed by atoms with Gasteiger partial charge in [-0.3, -0.25) is 0 Å². The Kier molecular flexibility index (Phi) is 4.38. The number of para-hydroxylation sites is 2. The average molecular weight is 653 g/mol. The molecule has 3 aromatic heterocycles. The molecule has 0 saturated heterocycles. The van der Waals surface area contributed by atoms with Crippen LogP contribution in [0.15, 0.2) is 172 Å². The highest BCUT2D eigenvalue weighted by atomic mass is 16.3. The van der Waals surface area contributed by atoms with Gasteiger partial charge in [-0.2, -0.15) is 0 Å². The van der Waals surface area contributed by atoms with Crippen LogP contribution < -0.4 is 0 Å². The first-order valence-corrected chi connectivity index (χ1v) is 15.7. The fourth-order valence-electron chi connectivity index (χ4n) is 6.22. The van der Waals surface area contributed by atoms with Crippen LogP contribution in [0.25, 0.3) is 100 Å². The number of nitrogens with zero attached hydrogens (tertiary/aromatic N) is 3. The van der Waals surface area contributed by atoms with Crippen LogP contribution in [0.5, 0.6) is 0 Å². The summed E-state index contributed by atoms with van der Waals surface area (Å²) in [4.78, 5) is 14.7. The summed E-state index contributed by atoms with van der Waals surface area (Å²) in [6.07, 6.45) is 0. The third-order valence-corrected chi connectivity index (χ3v) is 8.58. The zero-order chi connectivity index (χ0) is 42.6. The first-order chi connectivity index (χ1) is 29.3. The Morgan fingerprint density at radius 2 is 1.12 bits per heavy atom. The van der Waals surface area contributed by atoms with Crippen molar-refractivity contribution >= 4 is 43.9 Å². The van der Waals surface area contributed by atoms with Crippen LogP contribution in [-0.2, 0) is 0 Å². The number of hydrogen-bond acceptors (Lipinski definition) is 5. The predicted molar refractivity (Wildman–Crippen MR) is 202 cm³/mol. The Balaban J connectivity index is 1.31. The zero-order valence-corrected chi connectivity index (χ0v) is 25.9. The molecule has 0 radical (unpaired) electrons. The van der Waals surface area contributed by atoms with Crippen molar-refractivity contribution in [3.8, 4) is 56.4 Å². The SMILES string of the molecule is [2H]c1c([2H])c([2H])c(-c2c([2H])c([2H])c3oc4c([2H])c([2H])c([2H])c(-c5nc(-c6ccc(-c7ccccc7)cc6)nc(-c6cccc7c6oc6ccccc67)n5)c4c3c2[2H])c([2H])c1[2H]. The summed E-state index contributed by atoms with van der Waals surface area (Å²) in [6.45, 7) is 0. The molecule has 5 nitrogen and oxygen atoms in total. The summed E-state index contributed by atoms with van der Waals surface area (Å²) in [7, 11) is 0. The molecule has 0 aliphatic heterocycles. The number of benzene rings is 7. The van der Waals surface area contributed by atoms with E-state index >= 15 is 0 Å². The first kappa shape index (κ1) is 19.2. The molecule has 0 aliphatic rings. The standard InChI is InChI=1S/C45H27N3O2/c1-3-11-28(12-4-1)30-21-23-31(24-22-30)43-46-44(48-45(47-43)36-18-9-16-34-33-15-7-8-19-38(33)50-42(34)36)35-17-10-20-40-41(35)37-27-32(25-26-39(37)49-40)29-13-5-2-6-14-29/h1-27H/i2D,5D,6D,10D,13D,14D,17D,20D,25D,26D,27D. The van der Waals surface area contributed by atoms with Gasteiger partial charge < -0.3 is 8.83 Å². The van der Waals surface area contributed by atoms with Crippen molar-refractivity contribution in [2.45, 2.75) is 0 Å². The monoisotopic (exact) mass is 652 g/mol. The van der Waals surface area contributed by atoms with Crippen molar-refractivity contribution in [2.75, 3.05) is 0 Å². The van der Waals surface area contributed by atoms with Gasteiger partial charge in [0.25, 0.3) is 0 Å². The number of rotatable bonds is 5.